The van der Waals surface area contributed by atoms with Crippen molar-refractivity contribution in [1.82, 2.24) is 19.0 Å². The summed E-state index contributed by atoms with van der Waals surface area (Å²) in [5.74, 6) is 0.474. The summed E-state index contributed by atoms with van der Waals surface area (Å²) in [4.78, 5) is 33.6. The normalized spacial score (nSPS) is 14.5. The quantitative estimate of drug-likeness (QED) is 0.532. The fraction of sp³-hybridized carbons (Fsp3) is 0.348. The molecule has 0 unspecified atom stereocenters. The first kappa shape index (κ1) is 22.1. The van der Waals surface area contributed by atoms with Gasteiger partial charge >= 0.3 is 11.7 Å². The molecule has 4 rings (SSSR count). The summed E-state index contributed by atoms with van der Waals surface area (Å²) >= 11 is 5.97. The van der Waals surface area contributed by atoms with Gasteiger partial charge in [-0.3, -0.25) is 14.0 Å². The Bertz CT molecular complexity index is 1130. The van der Waals surface area contributed by atoms with Gasteiger partial charge in [-0.1, -0.05) is 11.6 Å². The molecule has 9 heteroatoms. The lowest BCUT2D eigenvalue weighted by Gasteiger charge is -2.35. The number of benzene rings is 1. The van der Waals surface area contributed by atoms with Gasteiger partial charge in [-0.2, -0.15) is 0 Å². The molecule has 0 bridgehead atoms. The number of aryl methyl sites for hydroxylation is 1. The Labute approximate surface area is 191 Å². The molecule has 0 saturated carbocycles. The summed E-state index contributed by atoms with van der Waals surface area (Å²) in [6.45, 7) is 7.77. The van der Waals surface area contributed by atoms with Gasteiger partial charge < -0.3 is 9.64 Å². The molecule has 1 saturated heterocycles. The van der Waals surface area contributed by atoms with Crippen LogP contribution >= 0.6 is 11.6 Å². The number of hydrogen-bond donors (Lipinski definition) is 0. The fourth-order valence-corrected chi connectivity index (χ4v) is 3.99. The van der Waals surface area contributed by atoms with Crippen LogP contribution in [0.2, 0.25) is 5.02 Å². The van der Waals surface area contributed by atoms with Crippen LogP contribution in [0.25, 0.3) is 5.69 Å². The zero-order chi connectivity index (χ0) is 22.7. The van der Waals surface area contributed by atoms with E-state index in [1.807, 2.05) is 31.3 Å². The Morgan fingerprint density at radius 1 is 1.09 bits per heavy atom. The number of rotatable bonds is 6. The number of anilines is 1. The first-order valence-electron chi connectivity index (χ1n) is 10.6. The number of imidazole rings is 1. The van der Waals surface area contributed by atoms with Crippen molar-refractivity contribution in [3.8, 4) is 5.69 Å². The lowest BCUT2D eigenvalue weighted by atomic mass is 10.2. The van der Waals surface area contributed by atoms with Crippen molar-refractivity contribution < 1.29 is 9.53 Å². The molecule has 2 aromatic heterocycles. The van der Waals surface area contributed by atoms with E-state index in [1.165, 1.54) is 0 Å². The summed E-state index contributed by atoms with van der Waals surface area (Å²) in [5, 5.41) is 0.641. The molecule has 0 aliphatic carbocycles. The van der Waals surface area contributed by atoms with E-state index in [-0.39, 0.29) is 11.7 Å². The Morgan fingerprint density at radius 3 is 2.44 bits per heavy atom. The molecule has 1 aromatic carbocycles. The van der Waals surface area contributed by atoms with Gasteiger partial charge in [0.05, 0.1) is 24.5 Å². The number of pyridine rings is 1. The minimum atomic E-state index is -0.359. The maximum atomic E-state index is 13.0. The van der Waals surface area contributed by atoms with Crippen molar-refractivity contribution in [2.45, 2.75) is 20.5 Å². The molecule has 32 heavy (non-hydrogen) atoms. The average molecular weight is 456 g/mol. The predicted octanol–water partition coefficient (Wildman–Crippen LogP) is 2.95. The summed E-state index contributed by atoms with van der Waals surface area (Å²) in [5.41, 5.74) is 2.07. The van der Waals surface area contributed by atoms with E-state index in [2.05, 4.69) is 14.8 Å². The van der Waals surface area contributed by atoms with Crippen molar-refractivity contribution in [3.63, 3.8) is 0 Å². The van der Waals surface area contributed by atoms with Crippen molar-refractivity contribution in [2.75, 3.05) is 37.7 Å². The van der Waals surface area contributed by atoms with Crippen LogP contribution in [-0.2, 0) is 11.4 Å². The lowest BCUT2D eigenvalue weighted by molar-refractivity contribution is 0.0526. The van der Waals surface area contributed by atoms with Crippen LogP contribution < -0.4 is 10.6 Å². The summed E-state index contributed by atoms with van der Waals surface area (Å²) in [7, 11) is 0. The molecule has 3 aromatic rings. The lowest BCUT2D eigenvalue weighted by Crippen LogP contribution is -2.48. The third kappa shape index (κ3) is 4.71. The summed E-state index contributed by atoms with van der Waals surface area (Å²) < 4.78 is 8.44. The summed E-state index contributed by atoms with van der Waals surface area (Å²) in [6.07, 6.45) is 3.44. The number of carbonyl (C=O) groups is 1. The number of nitrogens with zero attached hydrogens (tertiary/aromatic N) is 5. The van der Waals surface area contributed by atoms with Crippen LogP contribution in [0.5, 0.6) is 0 Å². The standard InChI is InChI=1S/C23H26ClN5O3/c1-3-32-22(30)18-4-9-21(25-14-18)27-12-10-26(11-13-27)16-28-15-17(2)29(23(28)31)20-7-5-19(24)6-8-20/h4-9,14-15H,3,10-13,16H2,1-2H3. The van der Waals surface area contributed by atoms with Gasteiger partial charge in [-0.15, -0.1) is 0 Å². The fourth-order valence-electron chi connectivity index (χ4n) is 3.87. The highest BCUT2D eigenvalue weighted by atomic mass is 35.5. The van der Waals surface area contributed by atoms with Crippen molar-refractivity contribution in [2.24, 2.45) is 0 Å². The number of hydrogen-bond acceptors (Lipinski definition) is 6. The van der Waals surface area contributed by atoms with E-state index in [9.17, 15) is 9.59 Å². The molecule has 168 valence electrons. The van der Waals surface area contributed by atoms with Crippen molar-refractivity contribution >= 4 is 23.4 Å². The highest BCUT2D eigenvalue weighted by Crippen LogP contribution is 2.16. The number of halogens is 1. The van der Waals surface area contributed by atoms with E-state index < -0.39 is 0 Å². The molecule has 0 amide bonds. The molecule has 1 fully saturated rings. The number of ether oxygens (including phenoxy) is 1. The second-order valence-electron chi connectivity index (χ2n) is 7.71. The minimum Gasteiger partial charge on any atom is -0.462 e. The average Bonchev–Trinajstić information content (AvgIpc) is 3.08. The second-order valence-corrected chi connectivity index (χ2v) is 8.14. The van der Waals surface area contributed by atoms with Gasteiger partial charge in [-0.25, -0.2) is 14.6 Å². The van der Waals surface area contributed by atoms with Gasteiger partial charge in [-0.05, 0) is 50.2 Å². The monoisotopic (exact) mass is 455 g/mol. The van der Waals surface area contributed by atoms with E-state index in [0.29, 0.717) is 23.9 Å². The van der Waals surface area contributed by atoms with Crippen molar-refractivity contribution in [3.05, 3.63) is 75.6 Å². The first-order valence-corrected chi connectivity index (χ1v) is 11.0. The summed E-state index contributed by atoms with van der Waals surface area (Å²) in [6, 6.07) is 10.9. The molecule has 1 aliphatic heterocycles. The van der Waals surface area contributed by atoms with Crippen molar-refractivity contribution in [1.29, 1.82) is 0 Å². The van der Waals surface area contributed by atoms with Gasteiger partial charge in [0, 0.05) is 49.3 Å². The number of esters is 1. The van der Waals surface area contributed by atoms with Crippen LogP contribution in [0, 0.1) is 6.92 Å². The molecular formula is C23H26ClN5O3. The smallest absolute Gasteiger partial charge is 0.339 e. The molecule has 1 aliphatic rings. The predicted molar refractivity (Wildman–Crippen MR) is 124 cm³/mol. The minimum absolute atomic E-state index is 0.0662. The maximum Gasteiger partial charge on any atom is 0.339 e. The molecule has 0 atom stereocenters. The number of piperazine rings is 1. The topological polar surface area (TPSA) is 72.6 Å². The highest BCUT2D eigenvalue weighted by Gasteiger charge is 2.20. The molecule has 0 radical (unpaired) electrons. The van der Waals surface area contributed by atoms with Gasteiger partial charge in [0.2, 0.25) is 0 Å². The molecule has 0 N–H and O–H groups in total. The van der Waals surface area contributed by atoms with Crippen LogP contribution in [0.1, 0.15) is 23.0 Å². The van der Waals surface area contributed by atoms with Crippen LogP contribution in [0.4, 0.5) is 5.82 Å². The molecule has 8 nitrogen and oxygen atoms in total. The Hall–Kier alpha value is -3.10. The third-order valence-corrected chi connectivity index (χ3v) is 5.78. The van der Waals surface area contributed by atoms with Crippen LogP contribution in [-0.4, -0.2) is 57.8 Å². The van der Waals surface area contributed by atoms with E-state index in [0.717, 1.165) is 43.4 Å². The maximum absolute atomic E-state index is 13.0. The SMILES string of the molecule is CCOC(=O)c1ccc(N2CCN(Cn3cc(C)n(-c4ccc(Cl)cc4)c3=O)CC2)nc1. The van der Waals surface area contributed by atoms with Gasteiger partial charge in [0.25, 0.3) is 0 Å². The Balaban J connectivity index is 1.38. The van der Waals surface area contributed by atoms with Crippen LogP contribution in [0.15, 0.2) is 53.6 Å². The third-order valence-electron chi connectivity index (χ3n) is 5.52. The molecule has 0 spiro atoms. The molecular weight excluding hydrogens is 430 g/mol. The second kappa shape index (κ2) is 9.58. The Morgan fingerprint density at radius 2 is 1.81 bits per heavy atom. The van der Waals surface area contributed by atoms with E-state index in [4.69, 9.17) is 16.3 Å². The zero-order valence-corrected chi connectivity index (χ0v) is 19.0. The highest BCUT2D eigenvalue weighted by molar-refractivity contribution is 6.30. The molecule has 3 heterocycles. The zero-order valence-electron chi connectivity index (χ0n) is 18.2. The first-order chi connectivity index (χ1) is 15.5. The number of carbonyl (C=O) groups excluding carboxylic acids is 1. The largest absolute Gasteiger partial charge is 0.462 e. The number of aromatic nitrogens is 3. The Kier molecular flexibility index (Phi) is 6.62. The van der Waals surface area contributed by atoms with Gasteiger partial charge in [0.15, 0.2) is 0 Å². The van der Waals surface area contributed by atoms with E-state index >= 15 is 0 Å². The van der Waals surface area contributed by atoms with Gasteiger partial charge in [0.1, 0.15) is 5.82 Å². The van der Waals surface area contributed by atoms with E-state index in [1.54, 1.807) is 40.5 Å². The van der Waals surface area contributed by atoms with Crippen LogP contribution in [0.3, 0.4) is 0 Å².